The van der Waals surface area contributed by atoms with Gasteiger partial charge in [-0.05, 0) is 38.0 Å². The van der Waals surface area contributed by atoms with Crippen LogP contribution < -0.4 is 4.90 Å². The van der Waals surface area contributed by atoms with Crippen molar-refractivity contribution in [2.24, 2.45) is 4.99 Å². The molecule has 1 fully saturated rings. The number of ether oxygens (including phenoxy) is 1. The molecule has 1 aromatic carbocycles. The summed E-state index contributed by atoms with van der Waals surface area (Å²) in [5, 5.41) is 0. The highest BCUT2D eigenvalue weighted by molar-refractivity contribution is 6.10. The van der Waals surface area contributed by atoms with Gasteiger partial charge in [-0.3, -0.25) is 19.4 Å². The van der Waals surface area contributed by atoms with Crippen molar-refractivity contribution in [2.75, 3.05) is 25.1 Å². The van der Waals surface area contributed by atoms with E-state index in [1.807, 2.05) is 35.1 Å². The zero-order valence-corrected chi connectivity index (χ0v) is 18.2. The molecule has 0 N–H and O–H groups in total. The van der Waals surface area contributed by atoms with Gasteiger partial charge in [0, 0.05) is 31.2 Å². The lowest BCUT2D eigenvalue weighted by Gasteiger charge is -2.40. The molecule has 0 bridgehead atoms. The first-order chi connectivity index (χ1) is 14.9. The van der Waals surface area contributed by atoms with Crippen LogP contribution >= 0.6 is 0 Å². The van der Waals surface area contributed by atoms with E-state index < -0.39 is 24.2 Å². The second-order valence-electron chi connectivity index (χ2n) is 7.76. The number of carbonyl (C=O) groups excluding carboxylic acids is 3. The fourth-order valence-corrected chi connectivity index (χ4v) is 4.20. The third-order valence-electron chi connectivity index (χ3n) is 5.84. The fourth-order valence-electron chi connectivity index (χ4n) is 4.20. The number of allylic oxidation sites excluding steroid dienone is 1. The number of aryl methyl sites for hydroxylation is 1. The number of likely N-dealkylation sites (N-methyl/N-ethyl adjacent to an activating group) is 1. The van der Waals surface area contributed by atoms with Gasteiger partial charge < -0.3 is 14.5 Å². The van der Waals surface area contributed by atoms with Crippen LogP contribution in [-0.2, 0) is 20.7 Å². The molecule has 1 aromatic rings. The van der Waals surface area contributed by atoms with Gasteiger partial charge in [-0.1, -0.05) is 19.1 Å². The number of nitrogens with zero attached hydrogens (tertiary/aromatic N) is 5. The molecule has 9 heteroatoms. The SMILES string of the molecule is CCOC(=O)CCN1C(=O)C2C(N=C3N(c4ccc(CC)cc4)C(C)=CN32)N(C)C1=O. The number of fused-ring (bicyclic) bond motifs is 3. The molecule has 0 radical (unpaired) electrons. The van der Waals surface area contributed by atoms with Crippen LogP contribution in [0.5, 0.6) is 0 Å². The zero-order valence-electron chi connectivity index (χ0n) is 18.2. The van der Waals surface area contributed by atoms with E-state index in [2.05, 4.69) is 19.1 Å². The lowest BCUT2D eigenvalue weighted by molar-refractivity contribution is -0.144. The van der Waals surface area contributed by atoms with Crippen molar-refractivity contribution in [3.8, 4) is 0 Å². The summed E-state index contributed by atoms with van der Waals surface area (Å²) in [6.45, 7) is 6.03. The summed E-state index contributed by atoms with van der Waals surface area (Å²) in [5.41, 5.74) is 3.12. The molecule has 9 nitrogen and oxygen atoms in total. The standard InChI is InChI=1S/C22H27N5O4/c1-5-15-7-9-16(10-8-15)27-14(3)13-26-18-19(23-21(26)27)24(4)22(30)25(20(18)29)12-11-17(28)31-6-2/h7-10,13,18-19H,5-6,11-12H2,1-4H3. The number of benzene rings is 1. The Morgan fingerprint density at radius 3 is 2.52 bits per heavy atom. The summed E-state index contributed by atoms with van der Waals surface area (Å²) in [6.07, 6.45) is 2.20. The highest BCUT2D eigenvalue weighted by atomic mass is 16.5. The number of rotatable bonds is 6. The molecule has 0 aliphatic carbocycles. The van der Waals surface area contributed by atoms with Crippen LogP contribution in [0.15, 0.2) is 41.2 Å². The summed E-state index contributed by atoms with van der Waals surface area (Å²) < 4.78 is 4.93. The van der Waals surface area contributed by atoms with Gasteiger partial charge in [0.1, 0.15) is 0 Å². The van der Waals surface area contributed by atoms with E-state index in [-0.39, 0.29) is 25.5 Å². The first-order valence-electron chi connectivity index (χ1n) is 10.5. The number of anilines is 1. The molecule has 164 valence electrons. The molecule has 4 rings (SSSR count). The van der Waals surface area contributed by atoms with Crippen LogP contribution in [0.1, 0.15) is 32.8 Å². The summed E-state index contributed by atoms with van der Waals surface area (Å²) in [6, 6.07) is 7.10. The Balaban J connectivity index is 1.59. The Labute approximate surface area is 181 Å². The van der Waals surface area contributed by atoms with Crippen molar-refractivity contribution >= 4 is 29.6 Å². The summed E-state index contributed by atoms with van der Waals surface area (Å²) in [4.78, 5) is 49.0. The smallest absolute Gasteiger partial charge is 0.328 e. The largest absolute Gasteiger partial charge is 0.466 e. The number of aliphatic imine (C=N–C) groups is 1. The number of carbonyl (C=O) groups is 3. The van der Waals surface area contributed by atoms with Crippen molar-refractivity contribution in [3.05, 3.63) is 41.7 Å². The second kappa shape index (κ2) is 8.05. The Bertz CT molecular complexity index is 971. The van der Waals surface area contributed by atoms with Gasteiger partial charge in [0.25, 0.3) is 5.91 Å². The monoisotopic (exact) mass is 425 g/mol. The number of hydrogen-bond acceptors (Lipinski definition) is 7. The maximum absolute atomic E-state index is 13.3. The van der Waals surface area contributed by atoms with Crippen LogP contribution in [0.25, 0.3) is 0 Å². The van der Waals surface area contributed by atoms with Gasteiger partial charge in [-0.25, -0.2) is 9.79 Å². The number of esters is 1. The minimum Gasteiger partial charge on any atom is -0.466 e. The lowest BCUT2D eigenvalue weighted by atomic mass is 10.1. The van der Waals surface area contributed by atoms with Crippen molar-refractivity contribution in [2.45, 2.75) is 45.8 Å². The zero-order chi connectivity index (χ0) is 22.3. The number of urea groups is 1. The van der Waals surface area contributed by atoms with Gasteiger partial charge in [-0.15, -0.1) is 0 Å². The van der Waals surface area contributed by atoms with Crippen molar-refractivity contribution < 1.29 is 19.1 Å². The van der Waals surface area contributed by atoms with E-state index in [1.54, 1.807) is 14.0 Å². The van der Waals surface area contributed by atoms with Gasteiger partial charge in [0.15, 0.2) is 12.2 Å². The number of guanidine groups is 1. The molecule has 3 amide bonds. The van der Waals surface area contributed by atoms with Crippen LogP contribution in [0, 0.1) is 0 Å². The van der Waals surface area contributed by atoms with Crippen molar-refractivity contribution in [1.82, 2.24) is 14.7 Å². The minimum atomic E-state index is -0.658. The van der Waals surface area contributed by atoms with E-state index in [9.17, 15) is 14.4 Å². The molecule has 0 saturated carbocycles. The molecular formula is C22H27N5O4. The summed E-state index contributed by atoms with van der Waals surface area (Å²) >= 11 is 0. The number of amides is 3. The number of imide groups is 1. The first-order valence-corrected chi connectivity index (χ1v) is 10.5. The third kappa shape index (κ3) is 3.43. The highest BCUT2D eigenvalue weighted by Gasteiger charge is 2.54. The maximum Gasteiger partial charge on any atom is 0.328 e. The van der Waals surface area contributed by atoms with Crippen LogP contribution in [-0.4, -0.2) is 71.0 Å². The van der Waals surface area contributed by atoms with E-state index in [1.165, 1.54) is 10.5 Å². The Hall–Kier alpha value is -3.36. The van der Waals surface area contributed by atoms with E-state index in [0.29, 0.717) is 5.96 Å². The Morgan fingerprint density at radius 1 is 1.16 bits per heavy atom. The molecule has 31 heavy (non-hydrogen) atoms. The van der Waals surface area contributed by atoms with Crippen molar-refractivity contribution in [3.63, 3.8) is 0 Å². The van der Waals surface area contributed by atoms with Crippen LogP contribution in [0.4, 0.5) is 10.5 Å². The van der Waals surface area contributed by atoms with Gasteiger partial charge >= 0.3 is 12.0 Å². The van der Waals surface area contributed by atoms with Gasteiger partial charge in [0.2, 0.25) is 5.96 Å². The average molecular weight is 425 g/mol. The van der Waals surface area contributed by atoms with E-state index in [0.717, 1.165) is 22.7 Å². The second-order valence-corrected chi connectivity index (χ2v) is 7.76. The van der Waals surface area contributed by atoms with Gasteiger partial charge in [-0.2, -0.15) is 0 Å². The highest BCUT2D eigenvalue weighted by Crippen LogP contribution is 2.36. The number of hydrogen-bond donors (Lipinski definition) is 0. The van der Waals surface area contributed by atoms with Crippen LogP contribution in [0.3, 0.4) is 0 Å². The first kappa shape index (κ1) is 20.9. The Morgan fingerprint density at radius 2 is 1.87 bits per heavy atom. The molecule has 1 saturated heterocycles. The molecule has 2 atom stereocenters. The average Bonchev–Trinajstić information content (AvgIpc) is 3.27. The Kier molecular flexibility index (Phi) is 5.43. The summed E-state index contributed by atoms with van der Waals surface area (Å²) in [7, 11) is 1.63. The molecule has 2 unspecified atom stereocenters. The molecule has 3 heterocycles. The van der Waals surface area contributed by atoms with Crippen LogP contribution in [0.2, 0.25) is 0 Å². The van der Waals surface area contributed by atoms with Gasteiger partial charge in [0.05, 0.1) is 13.0 Å². The third-order valence-corrected chi connectivity index (χ3v) is 5.84. The molecular weight excluding hydrogens is 398 g/mol. The molecule has 0 aromatic heterocycles. The summed E-state index contributed by atoms with van der Waals surface area (Å²) in [5.74, 6) is -0.171. The predicted molar refractivity (Wildman–Crippen MR) is 115 cm³/mol. The quantitative estimate of drug-likeness (QED) is 0.649. The van der Waals surface area contributed by atoms with E-state index >= 15 is 0 Å². The molecule has 3 aliphatic rings. The fraction of sp³-hybridized carbons (Fsp3) is 0.455. The molecule has 0 spiro atoms. The van der Waals surface area contributed by atoms with E-state index in [4.69, 9.17) is 9.73 Å². The maximum atomic E-state index is 13.3. The minimum absolute atomic E-state index is 0.0158. The topological polar surface area (TPSA) is 85.8 Å². The van der Waals surface area contributed by atoms with Crippen molar-refractivity contribution in [1.29, 1.82) is 0 Å². The lowest BCUT2D eigenvalue weighted by Crippen LogP contribution is -2.64. The normalized spacial score (nSPS) is 22.5. The molecule has 3 aliphatic heterocycles. The predicted octanol–water partition coefficient (Wildman–Crippen LogP) is 2.14.